The highest BCUT2D eigenvalue weighted by Crippen LogP contribution is 2.33. The summed E-state index contributed by atoms with van der Waals surface area (Å²) in [5.74, 6) is 1.43. The van der Waals surface area contributed by atoms with Gasteiger partial charge in [0.2, 0.25) is 5.91 Å². The predicted octanol–water partition coefficient (Wildman–Crippen LogP) is 2.97. The molecule has 1 saturated carbocycles. The molecule has 6 heteroatoms. The van der Waals surface area contributed by atoms with E-state index in [4.69, 9.17) is 4.74 Å². The lowest BCUT2D eigenvalue weighted by Gasteiger charge is -2.24. The molecule has 0 bridgehead atoms. The van der Waals surface area contributed by atoms with Crippen molar-refractivity contribution in [1.29, 1.82) is 0 Å². The average molecular weight is 383 g/mol. The molecule has 3 rings (SSSR count). The van der Waals surface area contributed by atoms with Crippen LogP contribution in [0.5, 0.6) is 5.75 Å². The van der Waals surface area contributed by atoms with Gasteiger partial charge in [-0.25, -0.2) is 0 Å². The lowest BCUT2D eigenvalue weighted by molar-refractivity contribution is -0.123. The second kappa shape index (κ2) is 9.58. The van der Waals surface area contributed by atoms with Gasteiger partial charge in [-0.2, -0.15) is 0 Å². The van der Waals surface area contributed by atoms with Gasteiger partial charge in [0, 0.05) is 12.6 Å². The normalized spacial score (nSPS) is 25.9. The topological polar surface area (TPSA) is 70.6 Å². The number of rotatable bonds is 6. The van der Waals surface area contributed by atoms with Gasteiger partial charge < -0.3 is 20.5 Å². The number of amides is 1. The van der Waals surface area contributed by atoms with Crippen LogP contribution in [0.2, 0.25) is 0 Å². The molecule has 5 nitrogen and oxygen atoms in total. The lowest BCUT2D eigenvalue weighted by Crippen LogP contribution is -2.44. The monoisotopic (exact) mass is 382 g/mol. The number of ether oxygens (including phenoxy) is 1. The van der Waals surface area contributed by atoms with Crippen LogP contribution in [0.1, 0.15) is 57.6 Å². The highest BCUT2D eigenvalue weighted by molar-refractivity contribution is 5.85. The fourth-order valence-electron chi connectivity index (χ4n) is 4.00. The van der Waals surface area contributed by atoms with Crippen molar-refractivity contribution in [1.82, 2.24) is 10.6 Å². The molecule has 3 N–H and O–H groups in total. The van der Waals surface area contributed by atoms with Crippen LogP contribution in [0.15, 0.2) is 24.3 Å². The summed E-state index contributed by atoms with van der Waals surface area (Å²) in [6, 6.07) is 7.78. The summed E-state index contributed by atoms with van der Waals surface area (Å²) in [6.45, 7) is 4.19. The van der Waals surface area contributed by atoms with E-state index in [9.17, 15) is 9.90 Å². The second-order valence-corrected chi connectivity index (χ2v) is 7.60. The van der Waals surface area contributed by atoms with Crippen LogP contribution in [0.3, 0.4) is 0 Å². The van der Waals surface area contributed by atoms with Crippen molar-refractivity contribution >= 4 is 18.3 Å². The Kier molecular flexibility index (Phi) is 7.74. The minimum Gasteiger partial charge on any atom is -0.491 e. The van der Waals surface area contributed by atoms with E-state index in [0.29, 0.717) is 12.0 Å². The number of aliphatic hydroxyl groups is 1. The van der Waals surface area contributed by atoms with E-state index in [1.807, 2.05) is 38.1 Å². The van der Waals surface area contributed by atoms with Crippen LogP contribution < -0.4 is 15.4 Å². The zero-order chi connectivity index (χ0) is 17.8. The van der Waals surface area contributed by atoms with Crippen molar-refractivity contribution in [2.75, 3.05) is 6.54 Å². The molecule has 1 aliphatic carbocycles. The smallest absolute Gasteiger partial charge is 0.237 e. The molecule has 1 aromatic rings. The molecule has 1 amide bonds. The van der Waals surface area contributed by atoms with Gasteiger partial charge in [0.1, 0.15) is 5.75 Å². The van der Waals surface area contributed by atoms with E-state index in [2.05, 4.69) is 10.6 Å². The molecule has 2 fully saturated rings. The Hall–Kier alpha value is -1.30. The summed E-state index contributed by atoms with van der Waals surface area (Å²) in [4.78, 5) is 12.4. The van der Waals surface area contributed by atoms with Crippen LogP contribution >= 0.6 is 12.4 Å². The first-order valence-electron chi connectivity index (χ1n) is 9.51. The number of halogens is 1. The Morgan fingerprint density at radius 2 is 1.96 bits per heavy atom. The van der Waals surface area contributed by atoms with Crippen molar-refractivity contribution in [2.24, 2.45) is 5.92 Å². The molecule has 146 valence electrons. The molecule has 0 radical (unpaired) electrons. The number of fused-ring (bicyclic) bond motifs is 1. The Morgan fingerprint density at radius 3 is 2.62 bits per heavy atom. The van der Waals surface area contributed by atoms with E-state index >= 15 is 0 Å². The van der Waals surface area contributed by atoms with Crippen LogP contribution in [-0.4, -0.2) is 35.7 Å². The van der Waals surface area contributed by atoms with Gasteiger partial charge in [-0.05, 0) is 56.7 Å². The second-order valence-electron chi connectivity index (χ2n) is 7.60. The maximum atomic E-state index is 12.4. The summed E-state index contributed by atoms with van der Waals surface area (Å²) in [6.07, 6.45) is 5.30. The summed E-state index contributed by atoms with van der Waals surface area (Å²) in [5, 5.41) is 16.7. The third kappa shape index (κ3) is 5.35. The zero-order valence-corrected chi connectivity index (χ0v) is 16.4. The minimum absolute atomic E-state index is 0. The summed E-state index contributed by atoms with van der Waals surface area (Å²) >= 11 is 0. The predicted molar refractivity (Wildman–Crippen MR) is 105 cm³/mol. The Balaban J connectivity index is 0.00000243. The lowest BCUT2D eigenvalue weighted by atomic mass is 9.85. The first-order valence-corrected chi connectivity index (χ1v) is 9.51. The maximum Gasteiger partial charge on any atom is 0.237 e. The highest BCUT2D eigenvalue weighted by Gasteiger charge is 2.38. The van der Waals surface area contributed by atoms with Crippen LogP contribution in [0.4, 0.5) is 0 Å². The van der Waals surface area contributed by atoms with Gasteiger partial charge in [0.15, 0.2) is 0 Å². The molecule has 0 spiro atoms. The number of nitrogens with one attached hydrogen (secondary N) is 2. The molecule has 0 aromatic heterocycles. The van der Waals surface area contributed by atoms with Crippen LogP contribution in [0.25, 0.3) is 0 Å². The SMILES string of the molecule is CC(C)Oc1ccc(C(O)CNC(=O)C2CC3CCCCC3N2)cc1.Cl. The highest BCUT2D eigenvalue weighted by atomic mass is 35.5. The van der Waals surface area contributed by atoms with Gasteiger partial charge in [-0.3, -0.25) is 4.79 Å². The molecule has 1 heterocycles. The minimum atomic E-state index is -0.708. The molecule has 1 saturated heterocycles. The summed E-state index contributed by atoms with van der Waals surface area (Å²) in [7, 11) is 0. The number of aliphatic hydroxyl groups excluding tert-OH is 1. The third-order valence-corrected chi connectivity index (χ3v) is 5.29. The van der Waals surface area contributed by atoms with Crippen LogP contribution in [0, 0.1) is 5.92 Å². The van der Waals surface area contributed by atoms with Gasteiger partial charge in [0.25, 0.3) is 0 Å². The molecule has 26 heavy (non-hydrogen) atoms. The van der Waals surface area contributed by atoms with E-state index in [1.54, 1.807) is 0 Å². The fourth-order valence-corrected chi connectivity index (χ4v) is 4.00. The number of benzene rings is 1. The molecule has 2 aliphatic rings. The molecule has 4 unspecified atom stereocenters. The van der Waals surface area contributed by atoms with Crippen molar-refractivity contribution < 1.29 is 14.6 Å². The van der Waals surface area contributed by atoms with Gasteiger partial charge in [-0.15, -0.1) is 12.4 Å². The Labute approximate surface area is 162 Å². The van der Waals surface area contributed by atoms with Gasteiger partial charge in [0.05, 0.1) is 18.2 Å². The number of carbonyl (C=O) groups is 1. The summed E-state index contributed by atoms with van der Waals surface area (Å²) in [5.41, 5.74) is 0.782. The van der Waals surface area contributed by atoms with E-state index in [0.717, 1.165) is 17.7 Å². The summed E-state index contributed by atoms with van der Waals surface area (Å²) < 4.78 is 5.60. The van der Waals surface area contributed by atoms with E-state index in [1.165, 1.54) is 25.7 Å². The average Bonchev–Trinajstić information content (AvgIpc) is 3.03. The zero-order valence-electron chi connectivity index (χ0n) is 15.6. The van der Waals surface area contributed by atoms with Crippen LogP contribution in [-0.2, 0) is 4.79 Å². The van der Waals surface area contributed by atoms with E-state index < -0.39 is 6.10 Å². The standard InChI is InChI=1S/C20H30N2O3.ClH/c1-13(2)25-16-9-7-14(8-10-16)19(23)12-21-20(24)18-11-15-5-3-4-6-17(15)22-18;/h7-10,13,15,17-19,22-23H,3-6,11-12H2,1-2H3,(H,21,24);1H. The molecule has 4 atom stereocenters. The largest absolute Gasteiger partial charge is 0.491 e. The molecule has 1 aliphatic heterocycles. The first kappa shape index (κ1) is 21.0. The van der Waals surface area contributed by atoms with Gasteiger partial charge in [-0.1, -0.05) is 25.0 Å². The fraction of sp³-hybridized carbons (Fsp3) is 0.650. The van der Waals surface area contributed by atoms with Crippen molar-refractivity contribution in [3.63, 3.8) is 0 Å². The Morgan fingerprint density at radius 1 is 1.27 bits per heavy atom. The maximum absolute atomic E-state index is 12.4. The third-order valence-electron chi connectivity index (χ3n) is 5.29. The molecular weight excluding hydrogens is 352 g/mol. The molecular formula is C20H31ClN2O3. The van der Waals surface area contributed by atoms with Crippen molar-refractivity contribution in [3.05, 3.63) is 29.8 Å². The van der Waals surface area contributed by atoms with Crippen molar-refractivity contribution in [3.8, 4) is 5.75 Å². The van der Waals surface area contributed by atoms with Gasteiger partial charge >= 0.3 is 0 Å². The quantitative estimate of drug-likeness (QED) is 0.707. The number of carbonyl (C=O) groups excluding carboxylic acids is 1. The first-order chi connectivity index (χ1) is 12.0. The molecule has 1 aromatic carbocycles. The number of hydrogen-bond acceptors (Lipinski definition) is 4. The van der Waals surface area contributed by atoms with E-state index in [-0.39, 0.29) is 37.0 Å². The Bertz CT molecular complexity index is 565. The number of hydrogen-bond donors (Lipinski definition) is 3. The van der Waals surface area contributed by atoms with Crippen molar-refractivity contribution in [2.45, 2.75) is 70.2 Å².